The molecule has 1 aromatic carbocycles. The maximum Gasteiger partial charge on any atom is 0.244 e. The second kappa shape index (κ2) is 6.77. The van der Waals surface area contributed by atoms with E-state index < -0.39 is 10.0 Å². The first-order valence-electron chi connectivity index (χ1n) is 7.40. The molecule has 1 saturated heterocycles. The molecule has 2 rings (SSSR count). The third-order valence-electron chi connectivity index (χ3n) is 4.16. The number of aryl methyl sites for hydroxylation is 1. The lowest BCUT2D eigenvalue weighted by Crippen LogP contribution is -2.38. The lowest BCUT2D eigenvalue weighted by molar-refractivity contribution is 0.224. The van der Waals surface area contributed by atoms with Crippen LogP contribution in [0.2, 0.25) is 0 Å². The SMILES string of the molecule is CCN(CC)C1CCN(S(=O)(=O)c2ccc(C)cc2Br)C1. The van der Waals surface area contributed by atoms with Crippen LogP contribution in [0.5, 0.6) is 0 Å². The summed E-state index contributed by atoms with van der Waals surface area (Å²) >= 11 is 3.39. The summed E-state index contributed by atoms with van der Waals surface area (Å²) in [5.41, 5.74) is 1.04. The lowest BCUT2D eigenvalue weighted by Gasteiger charge is -2.26. The van der Waals surface area contributed by atoms with Gasteiger partial charge in [-0.2, -0.15) is 4.31 Å². The van der Waals surface area contributed by atoms with Gasteiger partial charge in [0.15, 0.2) is 0 Å². The Morgan fingerprint density at radius 1 is 1.33 bits per heavy atom. The molecule has 118 valence electrons. The van der Waals surface area contributed by atoms with E-state index in [-0.39, 0.29) is 0 Å². The van der Waals surface area contributed by atoms with Crippen LogP contribution >= 0.6 is 15.9 Å². The Labute approximate surface area is 136 Å². The van der Waals surface area contributed by atoms with E-state index in [1.807, 2.05) is 19.1 Å². The fourth-order valence-electron chi connectivity index (χ4n) is 2.92. The minimum Gasteiger partial charge on any atom is -0.300 e. The first kappa shape index (κ1) is 16.9. The summed E-state index contributed by atoms with van der Waals surface area (Å²) in [5.74, 6) is 0. The summed E-state index contributed by atoms with van der Waals surface area (Å²) in [7, 11) is -3.41. The van der Waals surface area contributed by atoms with Crippen LogP contribution in [0.3, 0.4) is 0 Å². The first-order valence-corrected chi connectivity index (χ1v) is 9.63. The summed E-state index contributed by atoms with van der Waals surface area (Å²) < 4.78 is 27.8. The number of likely N-dealkylation sites (N-methyl/N-ethyl adjacent to an activating group) is 1. The number of benzene rings is 1. The van der Waals surface area contributed by atoms with E-state index >= 15 is 0 Å². The maximum atomic E-state index is 12.8. The molecule has 0 amide bonds. The van der Waals surface area contributed by atoms with Gasteiger partial charge in [0.05, 0.1) is 4.90 Å². The second-order valence-electron chi connectivity index (χ2n) is 5.46. The van der Waals surface area contributed by atoms with Crippen molar-refractivity contribution in [2.45, 2.75) is 38.1 Å². The monoisotopic (exact) mass is 374 g/mol. The first-order chi connectivity index (χ1) is 9.90. The lowest BCUT2D eigenvalue weighted by atomic mass is 10.2. The predicted octanol–water partition coefficient (Wildman–Crippen LogP) is 2.86. The van der Waals surface area contributed by atoms with Crippen LogP contribution in [0, 0.1) is 6.92 Å². The number of hydrogen-bond donors (Lipinski definition) is 0. The molecule has 0 aliphatic carbocycles. The van der Waals surface area contributed by atoms with Crippen molar-refractivity contribution in [1.29, 1.82) is 0 Å². The minimum absolute atomic E-state index is 0.332. The second-order valence-corrected chi connectivity index (χ2v) is 8.22. The van der Waals surface area contributed by atoms with E-state index in [1.165, 1.54) is 0 Å². The van der Waals surface area contributed by atoms with Gasteiger partial charge in [0.1, 0.15) is 0 Å². The molecule has 0 saturated carbocycles. The number of nitrogens with zero attached hydrogens (tertiary/aromatic N) is 2. The molecule has 1 unspecified atom stereocenters. The van der Waals surface area contributed by atoms with Gasteiger partial charge in [-0.25, -0.2) is 8.42 Å². The van der Waals surface area contributed by atoms with E-state index in [2.05, 4.69) is 34.7 Å². The van der Waals surface area contributed by atoms with Gasteiger partial charge in [0.2, 0.25) is 10.0 Å². The molecule has 1 aliphatic rings. The molecule has 0 N–H and O–H groups in total. The Hall–Kier alpha value is -0.430. The Balaban J connectivity index is 2.22. The van der Waals surface area contributed by atoms with Gasteiger partial charge in [-0.1, -0.05) is 19.9 Å². The summed E-state index contributed by atoms with van der Waals surface area (Å²) in [6.45, 7) is 9.31. The summed E-state index contributed by atoms with van der Waals surface area (Å²) in [5, 5.41) is 0. The molecular weight excluding hydrogens is 352 g/mol. The average Bonchev–Trinajstić information content (AvgIpc) is 2.90. The molecular formula is C15H23BrN2O2S. The molecule has 0 aromatic heterocycles. The predicted molar refractivity (Wildman–Crippen MR) is 89.0 cm³/mol. The van der Waals surface area contributed by atoms with E-state index in [1.54, 1.807) is 10.4 Å². The highest BCUT2D eigenvalue weighted by Crippen LogP contribution is 2.29. The standard InChI is InChI=1S/C15H23BrN2O2S/c1-4-17(5-2)13-8-9-18(11-13)21(19,20)15-7-6-12(3)10-14(15)16/h6-7,10,13H,4-5,8-9,11H2,1-3H3. The van der Waals surface area contributed by atoms with Crippen molar-refractivity contribution in [3.8, 4) is 0 Å². The number of hydrogen-bond acceptors (Lipinski definition) is 3. The molecule has 1 aliphatic heterocycles. The molecule has 1 aromatic rings. The topological polar surface area (TPSA) is 40.6 Å². The van der Waals surface area contributed by atoms with Crippen molar-refractivity contribution >= 4 is 26.0 Å². The molecule has 6 heteroatoms. The van der Waals surface area contributed by atoms with Crippen molar-refractivity contribution in [1.82, 2.24) is 9.21 Å². The average molecular weight is 375 g/mol. The van der Waals surface area contributed by atoms with Crippen molar-refractivity contribution in [3.05, 3.63) is 28.2 Å². The fourth-order valence-corrected chi connectivity index (χ4v) is 5.57. The van der Waals surface area contributed by atoms with Gasteiger partial charge in [-0.05, 0) is 60.1 Å². The normalized spacial score (nSPS) is 20.3. The zero-order valence-electron chi connectivity index (χ0n) is 12.8. The Bertz CT molecular complexity index is 600. The fraction of sp³-hybridized carbons (Fsp3) is 0.600. The largest absolute Gasteiger partial charge is 0.300 e. The van der Waals surface area contributed by atoms with Gasteiger partial charge in [0.25, 0.3) is 0 Å². The zero-order chi connectivity index (χ0) is 15.6. The number of halogens is 1. The van der Waals surface area contributed by atoms with Gasteiger partial charge in [-0.15, -0.1) is 0 Å². The van der Waals surface area contributed by atoms with Crippen LogP contribution in [0.25, 0.3) is 0 Å². The number of sulfonamides is 1. The van der Waals surface area contributed by atoms with E-state index in [9.17, 15) is 8.42 Å². The van der Waals surface area contributed by atoms with Crippen LogP contribution in [-0.4, -0.2) is 49.8 Å². The molecule has 0 spiro atoms. The quantitative estimate of drug-likeness (QED) is 0.795. The number of rotatable bonds is 5. The highest BCUT2D eigenvalue weighted by Gasteiger charge is 2.35. The Morgan fingerprint density at radius 3 is 2.57 bits per heavy atom. The smallest absolute Gasteiger partial charge is 0.244 e. The van der Waals surface area contributed by atoms with Crippen LogP contribution < -0.4 is 0 Å². The molecule has 0 radical (unpaired) electrons. The van der Waals surface area contributed by atoms with Crippen LogP contribution in [-0.2, 0) is 10.0 Å². The van der Waals surface area contributed by atoms with Crippen LogP contribution in [0.1, 0.15) is 25.8 Å². The molecule has 0 bridgehead atoms. The van der Waals surface area contributed by atoms with Crippen molar-refractivity contribution in [3.63, 3.8) is 0 Å². The van der Waals surface area contributed by atoms with E-state index in [0.29, 0.717) is 28.5 Å². The molecule has 1 fully saturated rings. The van der Waals surface area contributed by atoms with Gasteiger partial charge in [0, 0.05) is 23.6 Å². The van der Waals surface area contributed by atoms with Gasteiger partial charge < -0.3 is 0 Å². The van der Waals surface area contributed by atoms with Gasteiger partial charge >= 0.3 is 0 Å². The highest BCUT2D eigenvalue weighted by molar-refractivity contribution is 9.10. The van der Waals surface area contributed by atoms with Crippen molar-refractivity contribution < 1.29 is 8.42 Å². The summed E-state index contributed by atoms with van der Waals surface area (Å²) in [6.07, 6.45) is 0.907. The Kier molecular flexibility index (Phi) is 5.46. The maximum absolute atomic E-state index is 12.8. The summed E-state index contributed by atoms with van der Waals surface area (Å²) in [4.78, 5) is 2.70. The zero-order valence-corrected chi connectivity index (χ0v) is 15.2. The molecule has 21 heavy (non-hydrogen) atoms. The highest BCUT2D eigenvalue weighted by atomic mass is 79.9. The van der Waals surface area contributed by atoms with Crippen molar-refractivity contribution in [2.24, 2.45) is 0 Å². The van der Waals surface area contributed by atoms with E-state index in [4.69, 9.17) is 0 Å². The minimum atomic E-state index is -3.41. The van der Waals surface area contributed by atoms with Crippen LogP contribution in [0.4, 0.5) is 0 Å². The third kappa shape index (κ3) is 3.50. The third-order valence-corrected chi connectivity index (χ3v) is 7.00. The molecule has 1 heterocycles. The van der Waals surface area contributed by atoms with E-state index in [0.717, 1.165) is 25.1 Å². The van der Waals surface area contributed by atoms with Gasteiger partial charge in [-0.3, -0.25) is 4.90 Å². The molecule has 4 nitrogen and oxygen atoms in total. The Morgan fingerprint density at radius 2 is 2.00 bits per heavy atom. The van der Waals surface area contributed by atoms with Crippen LogP contribution in [0.15, 0.2) is 27.6 Å². The molecule has 1 atom stereocenters. The van der Waals surface area contributed by atoms with Crippen molar-refractivity contribution in [2.75, 3.05) is 26.2 Å². The summed E-state index contributed by atoms with van der Waals surface area (Å²) in [6, 6.07) is 5.72.